The summed E-state index contributed by atoms with van der Waals surface area (Å²) < 4.78 is 12.1. The molecule has 2 N–H and O–H groups in total. The van der Waals surface area contributed by atoms with E-state index in [1.54, 1.807) is 36.4 Å². The number of nitrogens with one attached hydrogen (secondary N) is 1. The molecule has 6 nitrogen and oxygen atoms in total. The number of halogens is 1. The maximum Gasteiger partial charge on any atom is 0.275 e. The molecule has 3 aromatic rings. The van der Waals surface area contributed by atoms with Gasteiger partial charge in [0.05, 0.1) is 18.4 Å². The zero-order valence-corrected chi connectivity index (χ0v) is 17.9. The molecule has 0 aliphatic heterocycles. The second-order valence-electron chi connectivity index (χ2n) is 6.27. The summed E-state index contributed by atoms with van der Waals surface area (Å²) in [6, 6.07) is 19.6. The summed E-state index contributed by atoms with van der Waals surface area (Å²) in [6.07, 6.45) is 1.44. The fourth-order valence-electron chi connectivity index (χ4n) is 2.69. The molecule has 7 heteroatoms. The van der Waals surface area contributed by atoms with Crippen molar-refractivity contribution >= 4 is 28.1 Å². The fraction of sp³-hybridized carbons (Fsp3) is 0.130. The number of benzene rings is 3. The molecule has 0 atom stereocenters. The highest BCUT2D eigenvalue weighted by Crippen LogP contribution is 2.26. The van der Waals surface area contributed by atoms with Gasteiger partial charge in [0.15, 0.2) is 11.5 Å². The van der Waals surface area contributed by atoms with Crippen LogP contribution < -0.4 is 14.9 Å². The molecule has 3 rings (SSSR count). The Morgan fingerprint density at radius 2 is 1.90 bits per heavy atom. The number of hydrazone groups is 1. The molecule has 3 aromatic carbocycles. The average Bonchev–Trinajstić information content (AvgIpc) is 2.74. The number of phenols is 1. The maximum absolute atomic E-state index is 12.5. The first kappa shape index (κ1) is 21.4. The minimum atomic E-state index is -0.397. The highest BCUT2D eigenvalue weighted by Gasteiger charge is 2.11. The average molecular weight is 469 g/mol. The van der Waals surface area contributed by atoms with Crippen molar-refractivity contribution < 1.29 is 19.4 Å². The van der Waals surface area contributed by atoms with Crippen molar-refractivity contribution in [2.75, 3.05) is 6.61 Å². The Kier molecular flexibility index (Phi) is 7.45. The summed E-state index contributed by atoms with van der Waals surface area (Å²) in [5.74, 6) is 0.476. The van der Waals surface area contributed by atoms with Crippen LogP contribution in [0.3, 0.4) is 0 Å². The predicted molar refractivity (Wildman–Crippen MR) is 119 cm³/mol. The van der Waals surface area contributed by atoms with Crippen LogP contribution in [0, 0.1) is 0 Å². The van der Waals surface area contributed by atoms with Crippen LogP contribution >= 0.6 is 15.9 Å². The van der Waals surface area contributed by atoms with Crippen LogP contribution in [0.25, 0.3) is 0 Å². The molecule has 154 valence electrons. The van der Waals surface area contributed by atoms with Crippen molar-refractivity contribution in [3.8, 4) is 17.2 Å². The van der Waals surface area contributed by atoms with E-state index in [2.05, 4.69) is 26.5 Å². The van der Waals surface area contributed by atoms with Crippen LogP contribution in [-0.2, 0) is 6.61 Å². The van der Waals surface area contributed by atoms with Gasteiger partial charge in [-0.1, -0.05) is 40.2 Å². The van der Waals surface area contributed by atoms with Gasteiger partial charge in [-0.05, 0) is 60.5 Å². The number of rotatable bonds is 8. The lowest BCUT2D eigenvalue weighted by molar-refractivity contribution is 0.0950. The molecule has 0 spiro atoms. The van der Waals surface area contributed by atoms with Gasteiger partial charge in [0, 0.05) is 4.47 Å². The van der Waals surface area contributed by atoms with E-state index in [-0.39, 0.29) is 5.75 Å². The molecule has 0 aliphatic carbocycles. The number of ether oxygens (including phenoxy) is 2. The van der Waals surface area contributed by atoms with Crippen molar-refractivity contribution in [2.24, 2.45) is 5.10 Å². The Morgan fingerprint density at radius 1 is 1.07 bits per heavy atom. The van der Waals surface area contributed by atoms with Gasteiger partial charge in [-0.25, -0.2) is 5.43 Å². The SMILES string of the molecule is CCOc1ccc(/C=N\NC(=O)c2ccccc2OCc2cccc(Br)c2)cc1O. The smallest absolute Gasteiger partial charge is 0.275 e. The van der Waals surface area contributed by atoms with E-state index >= 15 is 0 Å². The summed E-state index contributed by atoms with van der Waals surface area (Å²) in [6.45, 7) is 2.63. The van der Waals surface area contributed by atoms with E-state index in [0.29, 0.717) is 35.8 Å². The van der Waals surface area contributed by atoms with Crippen LogP contribution in [-0.4, -0.2) is 23.8 Å². The second kappa shape index (κ2) is 10.5. The van der Waals surface area contributed by atoms with Crippen LogP contribution in [0.1, 0.15) is 28.4 Å². The minimum Gasteiger partial charge on any atom is -0.504 e. The molecular weight excluding hydrogens is 448 g/mol. The van der Waals surface area contributed by atoms with E-state index in [0.717, 1.165) is 10.0 Å². The lowest BCUT2D eigenvalue weighted by Gasteiger charge is -2.10. The van der Waals surface area contributed by atoms with Gasteiger partial charge >= 0.3 is 0 Å². The lowest BCUT2D eigenvalue weighted by Crippen LogP contribution is -2.18. The zero-order chi connectivity index (χ0) is 21.3. The van der Waals surface area contributed by atoms with Crippen molar-refractivity contribution in [2.45, 2.75) is 13.5 Å². The minimum absolute atomic E-state index is 0.0124. The first-order valence-electron chi connectivity index (χ1n) is 9.32. The van der Waals surface area contributed by atoms with Crippen molar-refractivity contribution in [1.29, 1.82) is 0 Å². The van der Waals surface area contributed by atoms with Gasteiger partial charge in [-0.2, -0.15) is 5.10 Å². The van der Waals surface area contributed by atoms with E-state index in [4.69, 9.17) is 9.47 Å². The summed E-state index contributed by atoms with van der Waals surface area (Å²) in [4.78, 5) is 12.5. The summed E-state index contributed by atoms with van der Waals surface area (Å²) >= 11 is 3.43. The summed E-state index contributed by atoms with van der Waals surface area (Å²) in [5.41, 5.74) is 4.46. The van der Waals surface area contributed by atoms with Crippen LogP contribution in [0.2, 0.25) is 0 Å². The highest BCUT2D eigenvalue weighted by molar-refractivity contribution is 9.10. The fourth-order valence-corrected chi connectivity index (χ4v) is 3.13. The molecule has 0 aromatic heterocycles. The maximum atomic E-state index is 12.5. The first-order chi connectivity index (χ1) is 14.6. The molecule has 0 bridgehead atoms. The normalized spacial score (nSPS) is 10.7. The van der Waals surface area contributed by atoms with Gasteiger partial charge in [-0.3, -0.25) is 4.79 Å². The van der Waals surface area contributed by atoms with E-state index in [9.17, 15) is 9.90 Å². The van der Waals surface area contributed by atoms with Crippen LogP contribution in [0.4, 0.5) is 0 Å². The first-order valence-corrected chi connectivity index (χ1v) is 10.1. The van der Waals surface area contributed by atoms with Crippen LogP contribution in [0.5, 0.6) is 17.2 Å². The molecular formula is C23H21BrN2O4. The van der Waals surface area contributed by atoms with Crippen LogP contribution in [0.15, 0.2) is 76.3 Å². The van der Waals surface area contributed by atoms with Gasteiger partial charge in [-0.15, -0.1) is 0 Å². The number of carbonyl (C=O) groups is 1. The molecule has 1 amide bonds. The number of amides is 1. The number of aromatic hydroxyl groups is 1. The quantitative estimate of drug-likeness (QED) is 0.364. The topological polar surface area (TPSA) is 80.2 Å². The number of para-hydroxylation sites is 1. The standard InChI is InChI=1S/C23H21BrN2O4/c1-2-29-22-11-10-16(13-20(22)27)14-25-26-23(28)19-8-3-4-9-21(19)30-15-17-6-5-7-18(24)12-17/h3-14,27H,2,15H2,1H3,(H,26,28)/b25-14-. The third kappa shape index (κ3) is 5.84. The van der Waals surface area contributed by atoms with Crippen molar-refractivity contribution in [3.05, 3.63) is 87.9 Å². The third-order valence-corrected chi connectivity index (χ3v) is 4.57. The molecule has 0 fully saturated rings. The summed E-state index contributed by atoms with van der Waals surface area (Å²) in [5, 5.41) is 13.9. The molecule has 0 aliphatic rings. The van der Waals surface area contributed by atoms with E-state index < -0.39 is 5.91 Å². The molecule has 0 unspecified atom stereocenters. The Bertz CT molecular complexity index is 1050. The number of hydrogen-bond acceptors (Lipinski definition) is 5. The zero-order valence-electron chi connectivity index (χ0n) is 16.3. The van der Waals surface area contributed by atoms with Gasteiger partial charge < -0.3 is 14.6 Å². The molecule has 0 saturated carbocycles. The van der Waals surface area contributed by atoms with E-state index in [1.165, 1.54) is 12.3 Å². The molecule has 0 heterocycles. The van der Waals surface area contributed by atoms with Gasteiger partial charge in [0.25, 0.3) is 5.91 Å². The Labute approximate surface area is 183 Å². The van der Waals surface area contributed by atoms with E-state index in [1.807, 2.05) is 31.2 Å². The van der Waals surface area contributed by atoms with Crippen molar-refractivity contribution in [3.63, 3.8) is 0 Å². The lowest BCUT2D eigenvalue weighted by atomic mass is 10.2. The molecule has 30 heavy (non-hydrogen) atoms. The second-order valence-corrected chi connectivity index (χ2v) is 7.19. The van der Waals surface area contributed by atoms with Gasteiger partial charge in [0.1, 0.15) is 12.4 Å². The largest absolute Gasteiger partial charge is 0.504 e. The Balaban J connectivity index is 1.64. The Morgan fingerprint density at radius 3 is 2.67 bits per heavy atom. The predicted octanol–water partition coefficient (Wildman–Crippen LogP) is 4.90. The number of nitrogens with zero attached hydrogens (tertiary/aromatic N) is 1. The van der Waals surface area contributed by atoms with Gasteiger partial charge in [0.2, 0.25) is 0 Å². The summed E-state index contributed by atoms with van der Waals surface area (Å²) in [7, 11) is 0. The number of hydrogen-bond donors (Lipinski definition) is 2. The number of carbonyl (C=O) groups excluding carboxylic acids is 1. The molecule has 0 saturated heterocycles. The monoisotopic (exact) mass is 468 g/mol. The van der Waals surface area contributed by atoms with Crippen molar-refractivity contribution in [1.82, 2.24) is 5.43 Å². The number of phenolic OH excluding ortho intramolecular Hbond substituents is 1. The highest BCUT2D eigenvalue weighted by atomic mass is 79.9. The Hall–Kier alpha value is -3.32. The molecule has 0 radical (unpaired) electrons. The third-order valence-electron chi connectivity index (χ3n) is 4.08.